The van der Waals surface area contributed by atoms with Crippen molar-refractivity contribution < 1.29 is 0 Å². The van der Waals surface area contributed by atoms with Crippen LogP contribution in [0, 0.1) is 5.92 Å². The average molecular weight is 252 g/mol. The van der Waals surface area contributed by atoms with E-state index in [-0.39, 0.29) is 0 Å². The molecule has 1 aliphatic carbocycles. The van der Waals surface area contributed by atoms with E-state index in [1.54, 1.807) is 0 Å². The van der Waals surface area contributed by atoms with Crippen molar-refractivity contribution in [1.82, 2.24) is 10.2 Å². The highest BCUT2D eigenvalue weighted by atomic mass is 15.2. The van der Waals surface area contributed by atoms with E-state index in [1.807, 2.05) is 0 Å². The van der Waals surface area contributed by atoms with Gasteiger partial charge < -0.3 is 5.32 Å². The van der Waals surface area contributed by atoms with E-state index >= 15 is 0 Å². The molecule has 1 heterocycles. The molecule has 0 spiro atoms. The highest BCUT2D eigenvalue weighted by Gasteiger charge is 2.30. The Balaban J connectivity index is 1.95. The van der Waals surface area contributed by atoms with Crippen molar-refractivity contribution in [3.63, 3.8) is 0 Å². The van der Waals surface area contributed by atoms with Gasteiger partial charge in [0.2, 0.25) is 0 Å². The molecule has 2 atom stereocenters. The van der Waals surface area contributed by atoms with Crippen LogP contribution in [0.1, 0.15) is 65.7 Å². The van der Waals surface area contributed by atoms with Gasteiger partial charge in [0.1, 0.15) is 0 Å². The highest BCUT2D eigenvalue weighted by molar-refractivity contribution is 4.88. The topological polar surface area (TPSA) is 15.3 Å². The molecule has 0 aromatic carbocycles. The fourth-order valence-electron chi connectivity index (χ4n) is 3.39. The number of nitrogens with one attached hydrogen (secondary N) is 1. The monoisotopic (exact) mass is 252 g/mol. The van der Waals surface area contributed by atoms with Crippen LogP contribution in [-0.4, -0.2) is 36.1 Å². The Morgan fingerprint density at radius 2 is 1.89 bits per heavy atom. The first kappa shape index (κ1) is 14.3. The van der Waals surface area contributed by atoms with Crippen molar-refractivity contribution in [3.8, 4) is 0 Å². The molecule has 2 heteroatoms. The second-order valence-electron chi connectivity index (χ2n) is 6.64. The van der Waals surface area contributed by atoms with Crippen LogP contribution in [0.15, 0.2) is 0 Å². The Morgan fingerprint density at radius 1 is 1.11 bits per heavy atom. The second-order valence-corrected chi connectivity index (χ2v) is 6.64. The van der Waals surface area contributed by atoms with Crippen LogP contribution in [0.2, 0.25) is 0 Å². The maximum absolute atomic E-state index is 3.76. The third-order valence-corrected chi connectivity index (χ3v) is 4.78. The first-order valence-electron chi connectivity index (χ1n) is 8.21. The summed E-state index contributed by atoms with van der Waals surface area (Å²) in [5, 5.41) is 3.76. The van der Waals surface area contributed by atoms with Crippen LogP contribution in [-0.2, 0) is 0 Å². The van der Waals surface area contributed by atoms with E-state index in [0.29, 0.717) is 0 Å². The summed E-state index contributed by atoms with van der Waals surface area (Å²) in [4.78, 5) is 2.84. The van der Waals surface area contributed by atoms with Crippen molar-refractivity contribution in [3.05, 3.63) is 0 Å². The summed E-state index contributed by atoms with van der Waals surface area (Å²) < 4.78 is 0. The van der Waals surface area contributed by atoms with Crippen LogP contribution in [0.3, 0.4) is 0 Å². The molecule has 2 fully saturated rings. The predicted molar refractivity (Wildman–Crippen MR) is 78.9 cm³/mol. The molecular weight excluding hydrogens is 220 g/mol. The maximum Gasteiger partial charge on any atom is 0.0246 e. The van der Waals surface area contributed by atoms with Gasteiger partial charge in [-0.15, -0.1) is 0 Å². The molecule has 1 saturated heterocycles. The number of hydrogen-bond acceptors (Lipinski definition) is 2. The van der Waals surface area contributed by atoms with Gasteiger partial charge in [-0.2, -0.15) is 0 Å². The number of likely N-dealkylation sites (tertiary alicyclic amines) is 1. The van der Waals surface area contributed by atoms with E-state index in [0.717, 1.165) is 24.0 Å². The normalized spacial score (nSPS) is 28.3. The fraction of sp³-hybridized carbons (Fsp3) is 1.00. The molecule has 1 N–H and O–H groups in total. The first-order valence-corrected chi connectivity index (χ1v) is 8.21. The third-order valence-electron chi connectivity index (χ3n) is 4.78. The largest absolute Gasteiger partial charge is 0.312 e. The molecule has 0 aromatic rings. The lowest BCUT2D eigenvalue weighted by molar-refractivity contribution is 0.0989. The zero-order chi connectivity index (χ0) is 13.0. The lowest BCUT2D eigenvalue weighted by Gasteiger charge is -2.39. The Hall–Kier alpha value is -0.0800. The summed E-state index contributed by atoms with van der Waals surface area (Å²) in [6, 6.07) is 2.42. The lowest BCUT2D eigenvalue weighted by Crippen LogP contribution is -2.50. The zero-order valence-electron chi connectivity index (χ0n) is 12.6. The summed E-state index contributed by atoms with van der Waals surface area (Å²) in [5.74, 6) is 0.767. The van der Waals surface area contributed by atoms with Gasteiger partial charge in [-0.25, -0.2) is 0 Å². The zero-order valence-corrected chi connectivity index (χ0v) is 12.6. The fourth-order valence-corrected chi connectivity index (χ4v) is 3.39. The summed E-state index contributed by atoms with van der Waals surface area (Å²) in [6.07, 6.45) is 9.84. The predicted octanol–water partition coefficient (Wildman–Crippen LogP) is 3.42. The molecule has 0 radical (unpaired) electrons. The average Bonchev–Trinajstić information content (AvgIpc) is 3.15. The van der Waals surface area contributed by atoms with Gasteiger partial charge in [0.05, 0.1) is 0 Å². The van der Waals surface area contributed by atoms with Gasteiger partial charge in [-0.05, 0) is 44.6 Å². The smallest absolute Gasteiger partial charge is 0.0246 e. The second kappa shape index (κ2) is 6.91. The van der Waals surface area contributed by atoms with Gasteiger partial charge in [-0.1, -0.05) is 33.6 Å². The van der Waals surface area contributed by atoms with Gasteiger partial charge in [0.25, 0.3) is 0 Å². The molecule has 18 heavy (non-hydrogen) atoms. The summed E-state index contributed by atoms with van der Waals surface area (Å²) >= 11 is 0. The number of nitrogens with zero attached hydrogens (tertiary/aromatic N) is 1. The summed E-state index contributed by atoms with van der Waals surface area (Å²) in [7, 11) is 0. The van der Waals surface area contributed by atoms with Gasteiger partial charge >= 0.3 is 0 Å². The van der Waals surface area contributed by atoms with Crippen molar-refractivity contribution in [2.24, 2.45) is 5.92 Å². The Morgan fingerprint density at radius 3 is 2.50 bits per heavy atom. The summed E-state index contributed by atoms with van der Waals surface area (Å²) in [6.45, 7) is 9.70. The quantitative estimate of drug-likeness (QED) is 0.779. The van der Waals surface area contributed by atoms with E-state index < -0.39 is 0 Å². The molecule has 0 amide bonds. The van der Waals surface area contributed by atoms with Crippen molar-refractivity contribution in [2.75, 3.05) is 13.1 Å². The van der Waals surface area contributed by atoms with Crippen LogP contribution in [0.5, 0.6) is 0 Å². The van der Waals surface area contributed by atoms with Crippen LogP contribution in [0.4, 0.5) is 0 Å². The number of rotatable bonds is 6. The SMILES string of the molecule is CCC1CCCCCN1C(CNC1CC1)C(C)C. The molecule has 1 aliphatic heterocycles. The molecule has 2 nitrogen and oxygen atoms in total. The molecule has 106 valence electrons. The molecular formula is C16H32N2. The van der Waals surface area contributed by atoms with Crippen LogP contribution in [0.25, 0.3) is 0 Å². The first-order chi connectivity index (χ1) is 8.72. The molecule has 0 aromatic heterocycles. The summed E-state index contributed by atoms with van der Waals surface area (Å²) in [5.41, 5.74) is 0. The minimum atomic E-state index is 0.744. The Kier molecular flexibility index (Phi) is 5.50. The standard InChI is InChI=1S/C16H32N2/c1-4-15-8-6-5-7-11-18(15)16(13(2)3)12-17-14-9-10-14/h13-17H,4-12H2,1-3H3. The molecule has 2 unspecified atom stereocenters. The van der Waals surface area contributed by atoms with E-state index in [4.69, 9.17) is 0 Å². The van der Waals surface area contributed by atoms with E-state index in [2.05, 4.69) is 31.0 Å². The van der Waals surface area contributed by atoms with Crippen LogP contribution < -0.4 is 5.32 Å². The molecule has 2 aliphatic rings. The van der Waals surface area contributed by atoms with E-state index in [1.165, 1.54) is 58.0 Å². The minimum Gasteiger partial charge on any atom is -0.312 e. The van der Waals surface area contributed by atoms with Crippen molar-refractivity contribution in [1.29, 1.82) is 0 Å². The maximum atomic E-state index is 3.76. The Bertz CT molecular complexity index is 235. The van der Waals surface area contributed by atoms with Crippen molar-refractivity contribution >= 4 is 0 Å². The minimum absolute atomic E-state index is 0.744. The van der Waals surface area contributed by atoms with E-state index in [9.17, 15) is 0 Å². The highest BCUT2D eigenvalue weighted by Crippen LogP contribution is 2.25. The third kappa shape index (κ3) is 3.96. The molecule has 2 rings (SSSR count). The molecule has 0 bridgehead atoms. The van der Waals surface area contributed by atoms with Gasteiger partial charge in [-0.3, -0.25) is 4.90 Å². The number of hydrogen-bond donors (Lipinski definition) is 1. The van der Waals surface area contributed by atoms with Crippen LogP contribution >= 0.6 is 0 Å². The van der Waals surface area contributed by atoms with Gasteiger partial charge in [0, 0.05) is 24.7 Å². The lowest BCUT2D eigenvalue weighted by atomic mass is 9.98. The van der Waals surface area contributed by atoms with Gasteiger partial charge in [0.15, 0.2) is 0 Å². The Labute approximate surface area is 114 Å². The van der Waals surface area contributed by atoms with Crippen molar-refractivity contribution in [2.45, 2.75) is 83.8 Å². The molecule has 1 saturated carbocycles.